The lowest BCUT2D eigenvalue weighted by Crippen LogP contribution is -2.48. The highest BCUT2D eigenvalue weighted by Gasteiger charge is 2.27. The lowest BCUT2D eigenvalue weighted by atomic mass is 9.84. The summed E-state index contributed by atoms with van der Waals surface area (Å²) in [6.45, 7) is 4.09. The molecular formula is C8H19NO2. The van der Waals surface area contributed by atoms with Crippen LogP contribution < -0.4 is 5.73 Å². The zero-order valence-electron chi connectivity index (χ0n) is 7.38. The van der Waals surface area contributed by atoms with Crippen LogP contribution in [-0.2, 0) is 0 Å². The van der Waals surface area contributed by atoms with Gasteiger partial charge in [-0.25, -0.2) is 0 Å². The first-order valence-electron chi connectivity index (χ1n) is 4.07. The van der Waals surface area contributed by atoms with E-state index in [-0.39, 0.29) is 19.1 Å². The van der Waals surface area contributed by atoms with Crippen molar-refractivity contribution in [2.75, 3.05) is 13.2 Å². The molecule has 0 rings (SSSR count). The van der Waals surface area contributed by atoms with E-state index in [4.69, 9.17) is 15.9 Å². The molecule has 0 bridgehead atoms. The molecule has 0 amide bonds. The lowest BCUT2D eigenvalue weighted by molar-refractivity contribution is 0.135. The minimum absolute atomic E-state index is 0.00926. The number of hydrogen-bond donors (Lipinski definition) is 3. The fourth-order valence-electron chi connectivity index (χ4n) is 0.958. The summed E-state index contributed by atoms with van der Waals surface area (Å²) in [5, 5.41) is 17.5. The Morgan fingerprint density at radius 2 is 1.91 bits per heavy atom. The second-order valence-corrected chi connectivity index (χ2v) is 3.37. The molecule has 0 heterocycles. The molecule has 1 unspecified atom stereocenters. The summed E-state index contributed by atoms with van der Waals surface area (Å²) < 4.78 is 0. The van der Waals surface area contributed by atoms with Crippen molar-refractivity contribution in [2.45, 2.75) is 32.2 Å². The highest BCUT2D eigenvalue weighted by Crippen LogP contribution is 2.18. The number of hydrogen-bond acceptors (Lipinski definition) is 3. The van der Waals surface area contributed by atoms with Crippen LogP contribution >= 0.6 is 0 Å². The zero-order chi connectivity index (χ0) is 8.91. The van der Waals surface area contributed by atoms with Crippen LogP contribution in [0, 0.1) is 5.92 Å². The first-order valence-corrected chi connectivity index (χ1v) is 4.07. The third-order valence-electron chi connectivity index (χ3n) is 2.24. The molecule has 0 radical (unpaired) electrons. The van der Waals surface area contributed by atoms with E-state index in [1.807, 2.05) is 13.8 Å². The van der Waals surface area contributed by atoms with Gasteiger partial charge in [-0.2, -0.15) is 0 Å². The summed E-state index contributed by atoms with van der Waals surface area (Å²) in [6.07, 6.45) is 1.34. The summed E-state index contributed by atoms with van der Waals surface area (Å²) in [5.41, 5.74) is 5.35. The standard InChI is InChI=1S/C8H19NO2/c1-7(2)8(9,6-11)4-3-5-10/h7,10-11H,3-6,9H2,1-2H3. The van der Waals surface area contributed by atoms with Crippen LogP contribution in [0.15, 0.2) is 0 Å². The van der Waals surface area contributed by atoms with Crippen LogP contribution in [0.25, 0.3) is 0 Å². The molecule has 4 N–H and O–H groups in total. The molecule has 0 spiro atoms. The maximum atomic E-state index is 8.98. The molecular weight excluding hydrogens is 142 g/mol. The monoisotopic (exact) mass is 161 g/mol. The van der Waals surface area contributed by atoms with Crippen LogP contribution in [0.5, 0.6) is 0 Å². The maximum absolute atomic E-state index is 8.98. The van der Waals surface area contributed by atoms with Crippen LogP contribution in [-0.4, -0.2) is 29.0 Å². The van der Waals surface area contributed by atoms with Crippen molar-refractivity contribution in [3.63, 3.8) is 0 Å². The molecule has 68 valence electrons. The van der Waals surface area contributed by atoms with E-state index < -0.39 is 5.54 Å². The SMILES string of the molecule is CC(C)C(N)(CO)CCCO. The average Bonchev–Trinajstić information content (AvgIpc) is 2.00. The molecule has 0 saturated carbocycles. The average molecular weight is 161 g/mol. The van der Waals surface area contributed by atoms with Gasteiger partial charge in [0.2, 0.25) is 0 Å². The Morgan fingerprint density at radius 1 is 1.36 bits per heavy atom. The molecule has 0 aromatic carbocycles. The molecule has 1 atom stereocenters. The first kappa shape index (κ1) is 10.9. The van der Waals surface area contributed by atoms with Gasteiger partial charge in [-0.15, -0.1) is 0 Å². The van der Waals surface area contributed by atoms with E-state index in [2.05, 4.69) is 0 Å². The summed E-state index contributed by atoms with van der Waals surface area (Å²) in [4.78, 5) is 0. The van der Waals surface area contributed by atoms with E-state index in [0.717, 1.165) is 0 Å². The minimum atomic E-state index is -0.511. The largest absolute Gasteiger partial charge is 0.396 e. The van der Waals surface area contributed by atoms with E-state index in [0.29, 0.717) is 12.8 Å². The van der Waals surface area contributed by atoms with E-state index in [1.54, 1.807) is 0 Å². The summed E-state index contributed by atoms with van der Waals surface area (Å²) >= 11 is 0. The maximum Gasteiger partial charge on any atom is 0.0613 e. The molecule has 0 aromatic heterocycles. The molecule has 11 heavy (non-hydrogen) atoms. The van der Waals surface area contributed by atoms with Gasteiger partial charge in [0.15, 0.2) is 0 Å². The molecule has 0 aliphatic heterocycles. The molecule has 0 saturated heterocycles. The minimum Gasteiger partial charge on any atom is -0.396 e. The van der Waals surface area contributed by atoms with E-state index >= 15 is 0 Å². The highest BCUT2D eigenvalue weighted by atomic mass is 16.3. The molecule has 0 fully saturated rings. The lowest BCUT2D eigenvalue weighted by Gasteiger charge is -2.31. The number of nitrogens with two attached hydrogens (primary N) is 1. The van der Waals surface area contributed by atoms with Crippen molar-refractivity contribution < 1.29 is 10.2 Å². The highest BCUT2D eigenvalue weighted by molar-refractivity contribution is 4.86. The van der Waals surface area contributed by atoms with Crippen LogP contribution in [0.2, 0.25) is 0 Å². The van der Waals surface area contributed by atoms with Gasteiger partial charge in [0.1, 0.15) is 0 Å². The molecule has 0 aliphatic carbocycles. The summed E-state index contributed by atoms with van der Waals surface area (Å²) in [5.74, 6) is 0.249. The van der Waals surface area contributed by atoms with Gasteiger partial charge in [-0.1, -0.05) is 13.8 Å². The summed E-state index contributed by atoms with van der Waals surface area (Å²) in [6, 6.07) is 0. The third-order valence-corrected chi connectivity index (χ3v) is 2.24. The van der Waals surface area contributed by atoms with Gasteiger partial charge in [0.25, 0.3) is 0 Å². The van der Waals surface area contributed by atoms with Crippen molar-refractivity contribution in [2.24, 2.45) is 11.7 Å². The van der Waals surface area contributed by atoms with Gasteiger partial charge in [0.05, 0.1) is 6.61 Å². The predicted octanol–water partition coefficient (Wildman–Crippen LogP) is 0.105. The van der Waals surface area contributed by atoms with Crippen LogP contribution in [0.3, 0.4) is 0 Å². The molecule has 0 aliphatic rings. The van der Waals surface area contributed by atoms with Crippen molar-refractivity contribution in [1.82, 2.24) is 0 Å². The van der Waals surface area contributed by atoms with Gasteiger partial charge in [-0.05, 0) is 18.8 Å². The Bertz CT molecular complexity index is 106. The second kappa shape index (κ2) is 4.70. The smallest absolute Gasteiger partial charge is 0.0613 e. The fourth-order valence-corrected chi connectivity index (χ4v) is 0.958. The Labute approximate surface area is 68.2 Å². The topological polar surface area (TPSA) is 66.5 Å². The number of rotatable bonds is 5. The Morgan fingerprint density at radius 3 is 2.18 bits per heavy atom. The Balaban J connectivity index is 3.88. The van der Waals surface area contributed by atoms with Gasteiger partial charge in [-0.3, -0.25) is 0 Å². The second-order valence-electron chi connectivity index (χ2n) is 3.37. The number of aliphatic hydroxyl groups is 2. The van der Waals surface area contributed by atoms with E-state index in [9.17, 15) is 0 Å². The zero-order valence-corrected chi connectivity index (χ0v) is 7.38. The van der Waals surface area contributed by atoms with Gasteiger partial charge in [0, 0.05) is 12.1 Å². The van der Waals surface area contributed by atoms with Crippen molar-refractivity contribution in [3.05, 3.63) is 0 Å². The van der Waals surface area contributed by atoms with E-state index in [1.165, 1.54) is 0 Å². The first-order chi connectivity index (χ1) is 5.06. The normalized spacial score (nSPS) is 16.9. The molecule has 3 nitrogen and oxygen atoms in total. The fraction of sp³-hybridized carbons (Fsp3) is 1.00. The number of aliphatic hydroxyl groups excluding tert-OH is 2. The van der Waals surface area contributed by atoms with Crippen LogP contribution in [0.1, 0.15) is 26.7 Å². The van der Waals surface area contributed by atoms with Crippen molar-refractivity contribution >= 4 is 0 Å². The molecule has 0 aromatic rings. The van der Waals surface area contributed by atoms with Crippen LogP contribution in [0.4, 0.5) is 0 Å². The van der Waals surface area contributed by atoms with Gasteiger partial charge >= 0.3 is 0 Å². The predicted molar refractivity (Wildman–Crippen MR) is 45.2 cm³/mol. The summed E-state index contributed by atoms with van der Waals surface area (Å²) in [7, 11) is 0. The van der Waals surface area contributed by atoms with Gasteiger partial charge < -0.3 is 15.9 Å². The quantitative estimate of drug-likeness (QED) is 0.536. The van der Waals surface area contributed by atoms with Crippen molar-refractivity contribution in [3.8, 4) is 0 Å². The third kappa shape index (κ3) is 3.18. The Hall–Kier alpha value is -0.120. The van der Waals surface area contributed by atoms with Crippen molar-refractivity contribution in [1.29, 1.82) is 0 Å². The Kier molecular flexibility index (Phi) is 4.65. The molecule has 3 heteroatoms.